The van der Waals surface area contributed by atoms with Crippen molar-refractivity contribution in [3.8, 4) is 6.07 Å². The fourth-order valence-corrected chi connectivity index (χ4v) is 2.90. The molecule has 2 aromatic rings. The maximum atomic E-state index is 12.5. The van der Waals surface area contributed by atoms with E-state index < -0.39 is 11.9 Å². The van der Waals surface area contributed by atoms with Gasteiger partial charge in [-0.05, 0) is 25.0 Å². The van der Waals surface area contributed by atoms with E-state index in [-0.39, 0.29) is 6.61 Å². The van der Waals surface area contributed by atoms with Crippen molar-refractivity contribution in [3.63, 3.8) is 0 Å². The van der Waals surface area contributed by atoms with Gasteiger partial charge >= 0.3 is 5.97 Å². The van der Waals surface area contributed by atoms with E-state index in [0.717, 1.165) is 44.3 Å². The van der Waals surface area contributed by atoms with Crippen molar-refractivity contribution in [3.05, 3.63) is 42.6 Å². The van der Waals surface area contributed by atoms with E-state index in [1.807, 2.05) is 24.3 Å². The molecule has 6 nitrogen and oxygen atoms in total. The number of nitrogens with zero attached hydrogens (tertiary/aromatic N) is 4. The summed E-state index contributed by atoms with van der Waals surface area (Å²) < 4.78 is 5.14. The molecule has 0 aliphatic rings. The summed E-state index contributed by atoms with van der Waals surface area (Å²) in [5.74, 6) is -1.15. The van der Waals surface area contributed by atoms with Crippen LogP contribution in [0, 0.1) is 11.3 Å². The molecule has 1 atom stereocenters. The Kier molecular flexibility index (Phi) is 8.41. The highest BCUT2D eigenvalue weighted by Gasteiger charge is 2.29. The minimum Gasteiger partial charge on any atom is -0.460 e. The highest BCUT2D eigenvalue weighted by atomic mass is 16.5. The number of carbonyl (C=O) groups excluding carboxylic acids is 1. The normalized spacial score (nSPS) is 11.6. The number of unbranched alkanes of at least 4 members (excludes halogenated alkanes) is 2. The average molecular weight is 380 g/mol. The Morgan fingerprint density at radius 2 is 1.82 bits per heavy atom. The Morgan fingerprint density at radius 3 is 2.36 bits per heavy atom. The quantitative estimate of drug-likeness (QED) is 0.425. The van der Waals surface area contributed by atoms with Crippen LogP contribution in [0.2, 0.25) is 0 Å². The molecule has 148 valence electrons. The number of esters is 1. The number of para-hydroxylation sites is 2. The van der Waals surface area contributed by atoms with Crippen LogP contribution >= 0.6 is 0 Å². The fourth-order valence-electron chi connectivity index (χ4n) is 2.90. The molecule has 6 heteroatoms. The Bertz CT molecular complexity index is 836. The SMILES string of the molecule is C=CCOC(=O)C(C#N)c1nc2ccccc2nc1N(CCCC)CCCC. The van der Waals surface area contributed by atoms with Gasteiger partial charge in [0.15, 0.2) is 11.7 Å². The lowest BCUT2D eigenvalue weighted by atomic mass is 10.1. The summed E-state index contributed by atoms with van der Waals surface area (Å²) in [6.45, 7) is 9.48. The van der Waals surface area contributed by atoms with Crippen molar-refractivity contribution in [1.29, 1.82) is 5.26 Å². The van der Waals surface area contributed by atoms with Crippen LogP contribution in [-0.2, 0) is 9.53 Å². The average Bonchev–Trinajstić information content (AvgIpc) is 2.72. The van der Waals surface area contributed by atoms with Crippen molar-refractivity contribution in [2.45, 2.75) is 45.4 Å². The van der Waals surface area contributed by atoms with Gasteiger partial charge in [-0.1, -0.05) is 51.5 Å². The molecule has 0 saturated heterocycles. The second-order valence-electron chi connectivity index (χ2n) is 6.60. The number of benzene rings is 1. The number of ether oxygens (including phenoxy) is 1. The zero-order valence-electron chi connectivity index (χ0n) is 16.7. The van der Waals surface area contributed by atoms with Crippen LogP contribution in [-0.4, -0.2) is 35.6 Å². The van der Waals surface area contributed by atoms with Gasteiger partial charge in [0.05, 0.1) is 17.1 Å². The Hall–Kier alpha value is -2.94. The van der Waals surface area contributed by atoms with E-state index in [0.29, 0.717) is 17.0 Å². The van der Waals surface area contributed by atoms with Gasteiger partial charge in [-0.2, -0.15) is 5.26 Å². The first-order chi connectivity index (χ1) is 13.7. The lowest BCUT2D eigenvalue weighted by Crippen LogP contribution is -2.30. The lowest BCUT2D eigenvalue weighted by molar-refractivity contribution is -0.142. The molecule has 0 amide bonds. The molecule has 0 radical (unpaired) electrons. The predicted octanol–water partition coefficient (Wildman–Crippen LogP) is 4.37. The van der Waals surface area contributed by atoms with Crippen LogP contribution in [0.1, 0.15) is 51.1 Å². The van der Waals surface area contributed by atoms with E-state index in [2.05, 4.69) is 36.4 Å². The number of anilines is 1. The standard InChI is InChI=1S/C22H28N4O2/c1-4-7-13-26(14-8-5-2)21-20(17(16-23)22(27)28-15-6-3)24-18-11-9-10-12-19(18)25-21/h6,9-12,17H,3-5,7-8,13-15H2,1-2H3. The summed E-state index contributed by atoms with van der Waals surface area (Å²) in [4.78, 5) is 24.1. The van der Waals surface area contributed by atoms with Crippen LogP contribution in [0.4, 0.5) is 5.82 Å². The monoisotopic (exact) mass is 380 g/mol. The summed E-state index contributed by atoms with van der Waals surface area (Å²) in [5.41, 5.74) is 1.77. The Labute approximate surface area is 166 Å². The molecule has 28 heavy (non-hydrogen) atoms. The number of aromatic nitrogens is 2. The molecule has 1 aromatic heterocycles. The number of hydrogen-bond acceptors (Lipinski definition) is 6. The molecule has 0 saturated carbocycles. The first-order valence-corrected chi connectivity index (χ1v) is 9.85. The highest BCUT2D eigenvalue weighted by Crippen LogP contribution is 2.28. The lowest BCUT2D eigenvalue weighted by Gasteiger charge is -2.26. The number of rotatable bonds is 11. The van der Waals surface area contributed by atoms with Gasteiger partial charge in [-0.3, -0.25) is 4.79 Å². The second-order valence-corrected chi connectivity index (χ2v) is 6.60. The molecule has 1 unspecified atom stereocenters. The molecule has 0 fully saturated rings. The van der Waals surface area contributed by atoms with Crippen molar-refractivity contribution in [2.75, 3.05) is 24.6 Å². The first kappa shape index (κ1) is 21.4. The summed E-state index contributed by atoms with van der Waals surface area (Å²) in [6, 6.07) is 9.56. The number of hydrogen-bond donors (Lipinski definition) is 0. The van der Waals surface area contributed by atoms with Gasteiger partial charge in [-0.25, -0.2) is 9.97 Å². The largest absolute Gasteiger partial charge is 0.460 e. The number of fused-ring (bicyclic) bond motifs is 1. The molecular formula is C22H28N4O2. The molecule has 1 aromatic carbocycles. The summed E-state index contributed by atoms with van der Waals surface area (Å²) >= 11 is 0. The number of carbonyl (C=O) groups is 1. The van der Waals surface area contributed by atoms with Gasteiger partial charge in [0, 0.05) is 13.1 Å². The van der Waals surface area contributed by atoms with Crippen LogP contribution < -0.4 is 4.90 Å². The maximum absolute atomic E-state index is 12.5. The molecular weight excluding hydrogens is 352 g/mol. The van der Waals surface area contributed by atoms with Gasteiger partial charge in [0.25, 0.3) is 0 Å². The van der Waals surface area contributed by atoms with Gasteiger partial charge in [-0.15, -0.1) is 0 Å². The predicted molar refractivity (Wildman–Crippen MR) is 111 cm³/mol. The van der Waals surface area contributed by atoms with E-state index in [1.54, 1.807) is 0 Å². The third-order valence-electron chi connectivity index (χ3n) is 4.42. The molecule has 0 aliphatic carbocycles. The highest BCUT2D eigenvalue weighted by molar-refractivity contribution is 5.85. The molecule has 0 aliphatic heterocycles. The fraction of sp³-hybridized carbons (Fsp3) is 0.455. The van der Waals surface area contributed by atoms with E-state index in [1.165, 1.54) is 6.08 Å². The van der Waals surface area contributed by atoms with Gasteiger partial charge in [0.2, 0.25) is 0 Å². The van der Waals surface area contributed by atoms with E-state index in [4.69, 9.17) is 9.72 Å². The Balaban J connectivity index is 2.56. The molecule has 0 N–H and O–H groups in total. The third kappa shape index (κ3) is 5.29. The van der Waals surface area contributed by atoms with Crippen molar-refractivity contribution in [1.82, 2.24) is 9.97 Å². The minimum absolute atomic E-state index is 0.0583. The third-order valence-corrected chi connectivity index (χ3v) is 4.42. The summed E-state index contributed by atoms with van der Waals surface area (Å²) in [6.07, 6.45) is 5.56. The van der Waals surface area contributed by atoms with E-state index >= 15 is 0 Å². The van der Waals surface area contributed by atoms with Crippen molar-refractivity contribution in [2.24, 2.45) is 0 Å². The van der Waals surface area contributed by atoms with Crippen LogP contribution in [0.5, 0.6) is 0 Å². The molecule has 0 bridgehead atoms. The summed E-state index contributed by atoms with van der Waals surface area (Å²) in [5, 5.41) is 9.72. The van der Waals surface area contributed by atoms with Crippen molar-refractivity contribution < 1.29 is 9.53 Å². The first-order valence-electron chi connectivity index (χ1n) is 9.85. The number of nitriles is 1. The smallest absolute Gasteiger partial charge is 0.330 e. The molecule has 1 heterocycles. The zero-order chi connectivity index (χ0) is 20.4. The maximum Gasteiger partial charge on any atom is 0.330 e. The van der Waals surface area contributed by atoms with Gasteiger partial charge in [0.1, 0.15) is 12.3 Å². The molecule has 0 spiro atoms. The summed E-state index contributed by atoms with van der Waals surface area (Å²) in [7, 11) is 0. The van der Waals surface area contributed by atoms with Crippen LogP contribution in [0.15, 0.2) is 36.9 Å². The van der Waals surface area contributed by atoms with E-state index in [9.17, 15) is 10.1 Å². The van der Waals surface area contributed by atoms with Gasteiger partial charge < -0.3 is 9.64 Å². The molecule has 2 rings (SSSR count). The second kappa shape index (κ2) is 11.0. The Morgan fingerprint density at radius 1 is 1.21 bits per heavy atom. The topological polar surface area (TPSA) is 79.1 Å². The minimum atomic E-state index is -1.13. The van der Waals surface area contributed by atoms with Crippen LogP contribution in [0.25, 0.3) is 11.0 Å². The van der Waals surface area contributed by atoms with Crippen molar-refractivity contribution >= 4 is 22.8 Å². The zero-order valence-corrected chi connectivity index (χ0v) is 16.7. The van der Waals surface area contributed by atoms with Crippen LogP contribution in [0.3, 0.4) is 0 Å².